The number of carbonyl (C=O) groups excluding carboxylic acids is 1. The molecule has 0 saturated carbocycles. The summed E-state index contributed by atoms with van der Waals surface area (Å²) in [5, 5.41) is 3.62. The molecule has 1 amide bonds. The number of hydrogen-bond acceptors (Lipinski definition) is 6. The van der Waals surface area contributed by atoms with Gasteiger partial charge in [0.15, 0.2) is 0 Å². The Bertz CT molecular complexity index is 1010. The number of aromatic nitrogens is 2. The van der Waals surface area contributed by atoms with E-state index in [1.165, 1.54) is 5.56 Å². The first-order valence-electron chi connectivity index (χ1n) is 13.3. The standard InChI is InChI=1S/C28H38N6O/c1-22-10-12-23(13-11-22)27(35)34-19-7-9-25(21-34)33-18-6-8-24(20-33)30-28-29-15-14-26(31-28)32-16-4-2-3-5-17-32/h2-3,10-15,24-25H,4-9,16-21H2,1H3,(H,29,30,31). The van der Waals surface area contributed by atoms with Crippen LogP contribution in [0.15, 0.2) is 48.7 Å². The first-order chi connectivity index (χ1) is 17.2. The Hall–Kier alpha value is -2.93. The highest BCUT2D eigenvalue weighted by Crippen LogP contribution is 2.24. The van der Waals surface area contributed by atoms with E-state index >= 15 is 0 Å². The minimum atomic E-state index is 0.162. The number of nitrogens with zero attached hydrogens (tertiary/aromatic N) is 5. The van der Waals surface area contributed by atoms with Crippen LogP contribution in [-0.4, -0.2) is 77.0 Å². The molecule has 3 aliphatic rings. The quantitative estimate of drug-likeness (QED) is 0.658. The molecule has 0 radical (unpaired) electrons. The molecule has 2 fully saturated rings. The summed E-state index contributed by atoms with van der Waals surface area (Å²) < 4.78 is 0. The predicted octanol–water partition coefficient (Wildman–Crippen LogP) is 4.12. The molecule has 5 rings (SSSR count). The van der Waals surface area contributed by atoms with Crippen LogP contribution >= 0.6 is 0 Å². The lowest BCUT2D eigenvalue weighted by Crippen LogP contribution is -2.54. The molecule has 1 N–H and O–H groups in total. The number of aryl methyl sites for hydroxylation is 1. The van der Waals surface area contributed by atoms with Crippen molar-refractivity contribution in [3.63, 3.8) is 0 Å². The molecule has 7 nitrogen and oxygen atoms in total. The van der Waals surface area contributed by atoms with Gasteiger partial charge in [-0.25, -0.2) is 4.98 Å². The van der Waals surface area contributed by atoms with Crippen molar-refractivity contribution in [3.8, 4) is 0 Å². The maximum Gasteiger partial charge on any atom is 0.253 e. The number of anilines is 2. The largest absolute Gasteiger partial charge is 0.356 e. The molecule has 2 saturated heterocycles. The minimum absolute atomic E-state index is 0.162. The van der Waals surface area contributed by atoms with Gasteiger partial charge in [-0.2, -0.15) is 4.98 Å². The third-order valence-electron chi connectivity index (χ3n) is 7.55. The molecule has 3 aliphatic heterocycles. The molecule has 0 aliphatic carbocycles. The number of carbonyl (C=O) groups is 1. The SMILES string of the molecule is Cc1ccc(C(=O)N2CCCC(N3CCCC(Nc4nccc(N5CCC=CCC5)n4)C3)C2)cc1. The molecule has 4 heterocycles. The van der Waals surface area contributed by atoms with Crippen molar-refractivity contribution in [2.24, 2.45) is 0 Å². The second-order valence-corrected chi connectivity index (χ2v) is 10.2. The summed E-state index contributed by atoms with van der Waals surface area (Å²) in [4.78, 5) is 29.5. The summed E-state index contributed by atoms with van der Waals surface area (Å²) in [6, 6.07) is 10.7. The molecule has 0 spiro atoms. The lowest BCUT2D eigenvalue weighted by atomic mass is 9.98. The number of nitrogens with one attached hydrogen (secondary N) is 1. The normalized spacial score (nSPS) is 23.7. The number of benzene rings is 1. The van der Waals surface area contributed by atoms with Gasteiger partial charge in [-0.1, -0.05) is 29.8 Å². The molecule has 186 valence electrons. The Labute approximate surface area is 209 Å². The van der Waals surface area contributed by atoms with Crippen LogP contribution in [0.4, 0.5) is 11.8 Å². The summed E-state index contributed by atoms with van der Waals surface area (Å²) >= 11 is 0. The van der Waals surface area contributed by atoms with Crippen LogP contribution in [0.2, 0.25) is 0 Å². The van der Waals surface area contributed by atoms with Crippen molar-refractivity contribution in [1.82, 2.24) is 19.8 Å². The number of likely N-dealkylation sites (tertiary alicyclic amines) is 2. The predicted molar refractivity (Wildman–Crippen MR) is 141 cm³/mol. The summed E-state index contributed by atoms with van der Waals surface area (Å²) in [5.74, 6) is 1.90. The van der Waals surface area contributed by atoms with Gasteiger partial charge in [-0.15, -0.1) is 0 Å². The Morgan fingerprint density at radius 3 is 2.51 bits per heavy atom. The van der Waals surface area contributed by atoms with E-state index in [-0.39, 0.29) is 5.91 Å². The average Bonchev–Trinajstić information content (AvgIpc) is 3.19. The van der Waals surface area contributed by atoms with E-state index in [9.17, 15) is 4.79 Å². The van der Waals surface area contributed by atoms with E-state index in [0.29, 0.717) is 12.1 Å². The van der Waals surface area contributed by atoms with Gasteiger partial charge in [0, 0.05) is 56.6 Å². The zero-order valence-electron chi connectivity index (χ0n) is 20.9. The summed E-state index contributed by atoms with van der Waals surface area (Å²) in [5.41, 5.74) is 1.98. The fourth-order valence-corrected chi connectivity index (χ4v) is 5.59. The van der Waals surface area contributed by atoms with E-state index in [2.05, 4.69) is 44.1 Å². The highest BCUT2D eigenvalue weighted by molar-refractivity contribution is 5.94. The zero-order chi connectivity index (χ0) is 24.0. The molecule has 2 aromatic rings. The summed E-state index contributed by atoms with van der Waals surface area (Å²) in [6.45, 7) is 7.79. The Kier molecular flexibility index (Phi) is 7.62. The van der Waals surface area contributed by atoms with Crippen LogP contribution in [0.25, 0.3) is 0 Å². The van der Waals surface area contributed by atoms with E-state index in [0.717, 1.165) is 95.1 Å². The van der Waals surface area contributed by atoms with Crippen molar-refractivity contribution in [1.29, 1.82) is 0 Å². The molecule has 0 bridgehead atoms. The number of piperidine rings is 2. The lowest BCUT2D eigenvalue weighted by molar-refractivity contribution is 0.0526. The third kappa shape index (κ3) is 6.01. The molecule has 2 atom stereocenters. The van der Waals surface area contributed by atoms with Crippen LogP contribution < -0.4 is 10.2 Å². The molecular formula is C28H38N6O. The van der Waals surface area contributed by atoms with Gasteiger partial charge in [0.2, 0.25) is 5.95 Å². The molecule has 7 heteroatoms. The zero-order valence-corrected chi connectivity index (χ0v) is 20.9. The van der Waals surface area contributed by atoms with Crippen molar-refractivity contribution >= 4 is 17.7 Å². The van der Waals surface area contributed by atoms with Gasteiger partial charge in [0.05, 0.1) is 0 Å². The van der Waals surface area contributed by atoms with Crippen molar-refractivity contribution in [3.05, 3.63) is 59.8 Å². The van der Waals surface area contributed by atoms with Crippen molar-refractivity contribution < 1.29 is 4.79 Å². The van der Waals surface area contributed by atoms with Crippen LogP contribution in [0.5, 0.6) is 0 Å². The van der Waals surface area contributed by atoms with Crippen LogP contribution in [0.1, 0.15) is 54.4 Å². The van der Waals surface area contributed by atoms with Crippen LogP contribution in [0.3, 0.4) is 0 Å². The topological polar surface area (TPSA) is 64.6 Å². The minimum Gasteiger partial charge on any atom is -0.356 e. The van der Waals surface area contributed by atoms with Gasteiger partial charge >= 0.3 is 0 Å². The molecule has 1 aromatic heterocycles. The molecular weight excluding hydrogens is 436 g/mol. The van der Waals surface area contributed by atoms with Gasteiger partial charge in [-0.05, 0) is 70.2 Å². The highest BCUT2D eigenvalue weighted by atomic mass is 16.2. The monoisotopic (exact) mass is 474 g/mol. The lowest BCUT2D eigenvalue weighted by Gasteiger charge is -2.43. The second kappa shape index (κ2) is 11.2. The fraction of sp³-hybridized carbons (Fsp3) is 0.536. The first kappa shape index (κ1) is 23.8. The first-order valence-corrected chi connectivity index (χ1v) is 13.3. The highest BCUT2D eigenvalue weighted by Gasteiger charge is 2.31. The fourth-order valence-electron chi connectivity index (χ4n) is 5.59. The molecule has 2 unspecified atom stereocenters. The number of rotatable bonds is 5. The molecule has 1 aromatic carbocycles. The van der Waals surface area contributed by atoms with Gasteiger partial charge in [-0.3, -0.25) is 9.69 Å². The van der Waals surface area contributed by atoms with Crippen molar-refractivity contribution in [2.75, 3.05) is 49.5 Å². The van der Waals surface area contributed by atoms with E-state index in [1.807, 2.05) is 36.5 Å². The van der Waals surface area contributed by atoms with Crippen LogP contribution in [-0.2, 0) is 0 Å². The summed E-state index contributed by atoms with van der Waals surface area (Å²) in [6.07, 6.45) is 13.0. The smallest absolute Gasteiger partial charge is 0.253 e. The van der Waals surface area contributed by atoms with Gasteiger partial charge in [0.25, 0.3) is 5.91 Å². The Morgan fingerprint density at radius 1 is 0.943 bits per heavy atom. The van der Waals surface area contributed by atoms with Gasteiger partial charge in [0.1, 0.15) is 5.82 Å². The number of hydrogen-bond donors (Lipinski definition) is 1. The third-order valence-corrected chi connectivity index (χ3v) is 7.55. The van der Waals surface area contributed by atoms with E-state index < -0.39 is 0 Å². The molecule has 35 heavy (non-hydrogen) atoms. The summed E-state index contributed by atoms with van der Waals surface area (Å²) in [7, 11) is 0. The van der Waals surface area contributed by atoms with Gasteiger partial charge < -0.3 is 15.1 Å². The average molecular weight is 475 g/mol. The van der Waals surface area contributed by atoms with Crippen LogP contribution in [0, 0.1) is 6.92 Å². The maximum atomic E-state index is 13.1. The van der Waals surface area contributed by atoms with Crippen molar-refractivity contribution in [2.45, 2.75) is 57.5 Å². The second-order valence-electron chi connectivity index (χ2n) is 10.2. The Morgan fingerprint density at radius 2 is 1.71 bits per heavy atom. The Balaban J connectivity index is 1.19. The number of amides is 1. The van der Waals surface area contributed by atoms with E-state index in [4.69, 9.17) is 4.98 Å². The van der Waals surface area contributed by atoms with E-state index in [1.54, 1.807) is 0 Å². The maximum absolute atomic E-state index is 13.1.